The van der Waals surface area contributed by atoms with Crippen molar-refractivity contribution in [3.05, 3.63) is 45.7 Å². The molecule has 1 atom stereocenters. The minimum atomic E-state index is -0.269. The Kier molecular flexibility index (Phi) is 8.70. The number of piperidine rings is 1. The van der Waals surface area contributed by atoms with Gasteiger partial charge in [-0.2, -0.15) is 5.10 Å². The lowest BCUT2D eigenvalue weighted by Gasteiger charge is -2.34. The molecule has 2 amide bonds. The van der Waals surface area contributed by atoms with E-state index in [9.17, 15) is 9.59 Å². The molecule has 3 aromatic rings. The van der Waals surface area contributed by atoms with Gasteiger partial charge in [-0.25, -0.2) is 0 Å². The number of methoxy groups -OCH3 is 1. The first-order valence-electron chi connectivity index (χ1n) is 13.5. The second kappa shape index (κ2) is 12.2. The third kappa shape index (κ3) is 6.37. The summed E-state index contributed by atoms with van der Waals surface area (Å²) < 4.78 is 13.1. The van der Waals surface area contributed by atoms with E-state index in [0.29, 0.717) is 40.7 Å². The number of nitrogens with zero attached hydrogens (tertiary/aromatic N) is 5. The van der Waals surface area contributed by atoms with Crippen LogP contribution in [0.15, 0.2) is 28.8 Å². The van der Waals surface area contributed by atoms with E-state index in [4.69, 9.17) is 20.9 Å². The highest BCUT2D eigenvalue weighted by Crippen LogP contribution is 2.31. The predicted octanol–water partition coefficient (Wildman–Crippen LogP) is 4.15. The fraction of sp³-hybridized carbons (Fsp3) is 0.556. The first-order chi connectivity index (χ1) is 18.8. The maximum atomic E-state index is 13.7. The molecule has 2 fully saturated rings. The molecule has 210 valence electrons. The number of nitrogens with one attached hydrogen (secondary N) is 1. The van der Waals surface area contributed by atoms with Crippen LogP contribution in [0.25, 0.3) is 10.6 Å². The van der Waals surface area contributed by atoms with E-state index in [1.54, 1.807) is 23.9 Å². The van der Waals surface area contributed by atoms with Gasteiger partial charge in [-0.3, -0.25) is 14.3 Å². The molecular formula is C27H35ClN6O4S. The Morgan fingerprint density at radius 3 is 2.69 bits per heavy atom. The summed E-state index contributed by atoms with van der Waals surface area (Å²) in [6.45, 7) is 7.57. The third-order valence-corrected chi connectivity index (χ3v) is 8.76. The van der Waals surface area contributed by atoms with Gasteiger partial charge in [-0.1, -0.05) is 16.8 Å². The lowest BCUT2D eigenvalue weighted by atomic mass is 10.0. The third-order valence-electron chi connectivity index (χ3n) is 7.51. The van der Waals surface area contributed by atoms with Gasteiger partial charge in [-0.15, -0.1) is 11.3 Å². The number of carbonyl (C=O) groups excluding carboxylic acids is 2. The quantitative estimate of drug-likeness (QED) is 0.409. The van der Waals surface area contributed by atoms with Crippen molar-refractivity contribution >= 4 is 34.8 Å². The van der Waals surface area contributed by atoms with Gasteiger partial charge in [0.1, 0.15) is 11.4 Å². The van der Waals surface area contributed by atoms with E-state index in [1.165, 1.54) is 11.3 Å². The van der Waals surface area contributed by atoms with Crippen LogP contribution in [-0.2, 0) is 11.3 Å². The Labute approximate surface area is 237 Å². The number of halogens is 1. The second-order valence-corrected chi connectivity index (χ2v) is 12.2. The summed E-state index contributed by atoms with van der Waals surface area (Å²) in [4.78, 5) is 32.1. The van der Waals surface area contributed by atoms with E-state index in [1.807, 2.05) is 17.0 Å². The lowest BCUT2D eigenvalue weighted by molar-refractivity contribution is 0.0619. The van der Waals surface area contributed by atoms with Crippen LogP contribution in [0.3, 0.4) is 0 Å². The Hall–Kier alpha value is -2.73. The molecule has 10 nitrogen and oxygen atoms in total. The monoisotopic (exact) mass is 574 g/mol. The second-order valence-electron chi connectivity index (χ2n) is 10.5. The number of amides is 2. The molecule has 12 heteroatoms. The van der Waals surface area contributed by atoms with Gasteiger partial charge in [0.15, 0.2) is 11.5 Å². The van der Waals surface area contributed by atoms with E-state index in [0.717, 1.165) is 43.6 Å². The van der Waals surface area contributed by atoms with E-state index in [-0.39, 0.29) is 36.1 Å². The van der Waals surface area contributed by atoms with E-state index in [2.05, 4.69) is 34.3 Å². The maximum Gasteiger partial charge on any atom is 0.272 e. The molecule has 1 N–H and O–H groups in total. The van der Waals surface area contributed by atoms with Crippen LogP contribution in [0.5, 0.6) is 0 Å². The van der Waals surface area contributed by atoms with Gasteiger partial charge in [-0.05, 0) is 51.7 Å². The zero-order valence-electron chi connectivity index (χ0n) is 22.6. The zero-order valence-corrected chi connectivity index (χ0v) is 24.1. The number of hydrogen-bond acceptors (Lipinski definition) is 8. The van der Waals surface area contributed by atoms with Crippen LogP contribution in [0.1, 0.15) is 66.2 Å². The molecule has 0 bridgehead atoms. The molecule has 0 aliphatic carbocycles. The number of aromatic nitrogens is 3. The van der Waals surface area contributed by atoms with Gasteiger partial charge in [0.05, 0.1) is 28.4 Å². The Bertz CT molecular complexity index is 1290. The molecule has 39 heavy (non-hydrogen) atoms. The molecule has 3 aromatic heterocycles. The van der Waals surface area contributed by atoms with Gasteiger partial charge < -0.3 is 24.4 Å². The van der Waals surface area contributed by atoms with Crippen molar-refractivity contribution in [2.24, 2.45) is 0 Å². The molecule has 0 saturated carbocycles. The molecule has 5 rings (SSSR count). The fourth-order valence-corrected chi connectivity index (χ4v) is 6.35. The Balaban J connectivity index is 1.36. The average molecular weight is 575 g/mol. The number of thiophene rings is 1. The highest BCUT2D eigenvalue weighted by molar-refractivity contribution is 7.19. The highest BCUT2D eigenvalue weighted by atomic mass is 35.5. The summed E-state index contributed by atoms with van der Waals surface area (Å²) in [6.07, 6.45) is 3.56. The summed E-state index contributed by atoms with van der Waals surface area (Å²) in [5.74, 6) is 0.155. The molecule has 2 aliphatic rings. The molecule has 0 aromatic carbocycles. The molecular weight excluding hydrogens is 540 g/mol. The van der Waals surface area contributed by atoms with Crippen LogP contribution < -0.4 is 5.32 Å². The summed E-state index contributed by atoms with van der Waals surface area (Å²) >= 11 is 7.47. The Morgan fingerprint density at radius 2 is 2.00 bits per heavy atom. The SMILES string of the molecule is COCC1CCCN1C(=O)c1cc(C(=O)NC2CCN(C(C)C)CC2)nn1Cc1cc(-c2ccc(Cl)s2)on1. The predicted molar refractivity (Wildman–Crippen MR) is 149 cm³/mol. The molecule has 0 spiro atoms. The Morgan fingerprint density at radius 1 is 1.21 bits per heavy atom. The molecule has 5 heterocycles. The molecule has 2 aliphatic heterocycles. The summed E-state index contributed by atoms with van der Waals surface area (Å²) in [5.41, 5.74) is 1.16. The van der Waals surface area contributed by atoms with Crippen LogP contribution in [0.2, 0.25) is 4.34 Å². The number of hydrogen-bond donors (Lipinski definition) is 1. The standard InChI is InChI=1S/C27H35ClN6O4S/c1-17(2)32-11-8-18(9-12-32)29-26(35)21-14-22(27(36)33-10-4-5-20(33)16-37-3)34(30-21)15-19-13-23(38-31-19)24-6-7-25(28)39-24/h6-7,13-14,17-18,20H,4-5,8-12,15-16H2,1-3H3,(H,29,35). The largest absolute Gasteiger partial charge is 0.383 e. The summed E-state index contributed by atoms with van der Waals surface area (Å²) in [6, 6.07) is 7.66. The van der Waals surface area contributed by atoms with E-state index < -0.39 is 0 Å². The zero-order chi connectivity index (χ0) is 27.5. The van der Waals surface area contributed by atoms with Crippen molar-refractivity contribution in [2.45, 2.75) is 64.2 Å². The van der Waals surface area contributed by atoms with Crippen LogP contribution in [-0.4, -0.2) is 88.0 Å². The van der Waals surface area contributed by atoms with Crippen LogP contribution >= 0.6 is 22.9 Å². The molecule has 0 radical (unpaired) electrons. The normalized spacial score (nSPS) is 18.8. The highest BCUT2D eigenvalue weighted by Gasteiger charge is 2.33. The number of likely N-dealkylation sites (tertiary alicyclic amines) is 2. The van der Waals surface area contributed by atoms with Crippen molar-refractivity contribution in [2.75, 3.05) is 33.4 Å². The maximum absolute atomic E-state index is 13.7. The van der Waals surface area contributed by atoms with Gasteiger partial charge in [0, 0.05) is 51.0 Å². The van der Waals surface area contributed by atoms with Crippen molar-refractivity contribution in [1.29, 1.82) is 0 Å². The minimum Gasteiger partial charge on any atom is -0.383 e. The van der Waals surface area contributed by atoms with Crippen molar-refractivity contribution < 1.29 is 18.8 Å². The molecule has 2 saturated heterocycles. The number of ether oxygens (including phenoxy) is 1. The average Bonchev–Trinajstić information content (AvgIpc) is 3.72. The smallest absolute Gasteiger partial charge is 0.272 e. The number of carbonyl (C=O) groups is 2. The van der Waals surface area contributed by atoms with Gasteiger partial charge >= 0.3 is 0 Å². The fourth-order valence-electron chi connectivity index (χ4n) is 5.36. The van der Waals surface area contributed by atoms with Crippen LogP contribution in [0.4, 0.5) is 0 Å². The van der Waals surface area contributed by atoms with Crippen molar-refractivity contribution in [3.63, 3.8) is 0 Å². The van der Waals surface area contributed by atoms with Gasteiger partial charge in [0.2, 0.25) is 0 Å². The molecule has 1 unspecified atom stereocenters. The van der Waals surface area contributed by atoms with Crippen molar-refractivity contribution in [3.8, 4) is 10.6 Å². The first-order valence-corrected chi connectivity index (χ1v) is 14.7. The summed E-state index contributed by atoms with van der Waals surface area (Å²) in [5, 5.41) is 11.9. The van der Waals surface area contributed by atoms with Crippen LogP contribution in [0, 0.1) is 0 Å². The van der Waals surface area contributed by atoms with Gasteiger partial charge in [0.25, 0.3) is 11.8 Å². The minimum absolute atomic E-state index is 0.00324. The lowest BCUT2D eigenvalue weighted by Crippen LogP contribution is -2.46. The van der Waals surface area contributed by atoms with Crippen molar-refractivity contribution in [1.82, 2.24) is 30.1 Å². The summed E-state index contributed by atoms with van der Waals surface area (Å²) in [7, 11) is 1.64. The number of rotatable bonds is 9. The van der Waals surface area contributed by atoms with E-state index >= 15 is 0 Å². The topological polar surface area (TPSA) is 106 Å². The first kappa shape index (κ1) is 27.8.